The lowest BCUT2D eigenvalue weighted by Crippen LogP contribution is -2.33. The number of imidazole rings is 1. The minimum Gasteiger partial charge on any atom is -0.357 e. The Labute approximate surface area is 123 Å². The predicted octanol–water partition coefficient (Wildman–Crippen LogP) is 0.453. The van der Waals surface area contributed by atoms with E-state index in [2.05, 4.69) is 32.9 Å². The lowest BCUT2D eigenvalue weighted by Gasteiger charge is -2.26. The number of aromatic nitrogens is 2. The van der Waals surface area contributed by atoms with E-state index in [1.54, 1.807) is 6.33 Å². The summed E-state index contributed by atoms with van der Waals surface area (Å²) in [6.07, 6.45) is 3.56. The Bertz CT molecular complexity index is 515. The molecule has 0 radical (unpaired) electrons. The monoisotopic (exact) mass is 294 g/mol. The van der Waals surface area contributed by atoms with Gasteiger partial charge in [-0.05, 0) is 12.8 Å². The number of hydrogen-bond acceptors (Lipinski definition) is 7. The zero-order valence-corrected chi connectivity index (χ0v) is 12.1. The summed E-state index contributed by atoms with van der Waals surface area (Å²) in [5, 5.41) is 13.7. The molecule has 1 fully saturated rings. The summed E-state index contributed by atoms with van der Waals surface area (Å²) in [5.41, 5.74) is 6.53. The number of fused-ring (bicyclic) bond motifs is 1. The summed E-state index contributed by atoms with van der Waals surface area (Å²) in [6.45, 7) is 3.29. The average molecular weight is 294 g/mol. The Kier molecular flexibility index (Phi) is 4.04. The van der Waals surface area contributed by atoms with Crippen LogP contribution in [0.5, 0.6) is 0 Å². The maximum atomic E-state index is 6.08. The van der Waals surface area contributed by atoms with E-state index >= 15 is 0 Å². The third kappa shape index (κ3) is 2.47. The first-order chi connectivity index (χ1) is 10.3. The summed E-state index contributed by atoms with van der Waals surface area (Å²) in [5.74, 6) is 6.49. The van der Waals surface area contributed by atoms with Crippen molar-refractivity contribution in [3.8, 4) is 0 Å². The molecular weight excluding hydrogens is 272 g/mol. The zero-order chi connectivity index (χ0) is 14.8. The summed E-state index contributed by atoms with van der Waals surface area (Å²) >= 11 is 0. The van der Waals surface area contributed by atoms with E-state index in [9.17, 15) is 0 Å². The molecule has 0 aliphatic carbocycles. The molecule has 3 heterocycles. The van der Waals surface area contributed by atoms with Gasteiger partial charge in [0.05, 0.1) is 19.1 Å². The second-order valence-corrected chi connectivity index (χ2v) is 5.37. The molecule has 1 aromatic heterocycles. The molecule has 116 valence electrons. The summed E-state index contributed by atoms with van der Waals surface area (Å²) in [7, 11) is 0. The lowest BCUT2D eigenvalue weighted by molar-refractivity contribution is -0.00807. The number of nitrogens with one attached hydrogen (secondary N) is 2. The van der Waals surface area contributed by atoms with Gasteiger partial charge >= 0.3 is 0 Å². The van der Waals surface area contributed by atoms with Crippen molar-refractivity contribution < 1.29 is 4.74 Å². The summed E-state index contributed by atoms with van der Waals surface area (Å²) in [6, 6.07) is 0. The van der Waals surface area contributed by atoms with Crippen LogP contribution in [0.4, 0.5) is 5.82 Å². The van der Waals surface area contributed by atoms with E-state index in [1.165, 1.54) is 0 Å². The Balaban J connectivity index is 1.90. The van der Waals surface area contributed by atoms with Crippen LogP contribution in [0, 0.1) is 5.92 Å². The van der Waals surface area contributed by atoms with Crippen LogP contribution in [0.1, 0.15) is 37.9 Å². The van der Waals surface area contributed by atoms with Gasteiger partial charge in [-0.2, -0.15) is 0 Å². The molecule has 3 rings (SSSR count). The van der Waals surface area contributed by atoms with Crippen LogP contribution in [0.15, 0.2) is 16.7 Å². The van der Waals surface area contributed by atoms with Crippen molar-refractivity contribution in [3.05, 3.63) is 12.0 Å². The number of nitrogens with zero attached hydrogens (tertiary/aromatic N) is 4. The fourth-order valence-corrected chi connectivity index (χ4v) is 3.07. The first kappa shape index (κ1) is 14.2. The van der Waals surface area contributed by atoms with Gasteiger partial charge < -0.3 is 21.6 Å². The smallest absolute Gasteiger partial charge is 0.170 e. The van der Waals surface area contributed by atoms with Gasteiger partial charge in [0, 0.05) is 12.5 Å². The largest absolute Gasteiger partial charge is 0.357 e. The molecule has 2 aliphatic rings. The molecule has 21 heavy (non-hydrogen) atoms. The molecule has 4 atom stereocenters. The Morgan fingerprint density at radius 2 is 2.43 bits per heavy atom. The van der Waals surface area contributed by atoms with Crippen LogP contribution in [0.2, 0.25) is 0 Å². The molecule has 9 heteroatoms. The molecule has 1 unspecified atom stereocenters. The molecule has 2 aliphatic heterocycles. The molecule has 1 aromatic rings. The van der Waals surface area contributed by atoms with Crippen LogP contribution < -0.4 is 22.2 Å². The maximum Gasteiger partial charge on any atom is 0.170 e. The van der Waals surface area contributed by atoms with Gasteiger partial charge in [-0.3, -0.25) is 9.88 Å². The molecular formula is C12H22N8O. The van der Waals surface area contributed by atoms with Crippen LogP contribution in [0.3, 0.4) is 0 Å². The van der Waals surface area contributed by atoms with Crippen LogP contribution >= 0.6 is 0 Å². The molecule has 9 nitrogen and oxygen atoms in total. The number of rotatable bonds is 4. The second kappa shape index (κ2) is 5.96. The van der Waals surface area contributed by atoms with Gasteiger partial charge in [-0.25, -0.2) is 4.98 Å². The minimum atomic E-state index is -0.320. The molecule has 0 bridgehead atoms. The third-order valence-corrected chi connectivity index (χ3v) is 4.18. The fourth-order valence-electron chi connectivity index (χ4n) is 3.07. The lowest BCUT2D eigenvalue weighted by atomic mass is 10.0. The summed E-state index contributed by atoms with van der Waals surface area (Å²) in [4.78, 5) is 4.44. The van der Waals surface area contributed by atoms with E-state index < -0.39 is 0 Å². The standard InChI is InChI=1S/C12H22N8O/c1-2-7-3-8(4-13)21-12(7)20-6-17-9-10(18-19-14)15-5-16-11(9)20/h6-8,10,12,15-16H,2-5,13H2,1H3,(H2,14,18)/t7-,8-,10?,12+/m0/s1. The van der Waals surface area contributed by atoms with Crippen molar-refractivity contribution >= 4 is 5.82 Å². The third-order valence-electron chi connectivity index (χ3n) is 4.18. The highest BCUT2D eigenvalue weighted by Gasteiger charge is 2.37. The fraction of sp³-hybridized carbons (Fsp3) is 0.750. The number of anilines is 1. The summed E-state index contributed by atoms with van der Waals surface area (Å²) < 4.78 is 8.12. The van der Waals surface area contributed by atoms with Gasteiger partial charge in [0.25, 0.3) is 0 Å². The number of hydrogen-bond donors (Lipinski definition) is 4. The molecule has 0 saturated carbocycles. The van der Waals surface area contributed by atoms with E-state index in [0.717, 1.165) is 24.4 Å². The SMILES string of the molecule is CC[C@H]1C[C@@H](CN)O[C@H]1n1cnc2c1NCNC2N=NN. The highest BCUT2D eigenvalue weighted by Crippen LogP contribution is 2.39. The highest BCUT2D eigenvalue weighted by molar-refractivity contribution is 5.46. The zero-order valence-electron chi connectivity index (χ0n) is 12.1. The topological polar surface area (TPSA) is 128 Å². The van der Waals surface area contributed by atoms with Crippen molar-refractivity contribution in [1.29, 1.82) is 0 Å². The van der Waals surface area contributed by atoms with Gasteiger partial charge in [-0.15, -0.1) is 5.11 Å². The van der Waals surface area contributed by atoms with Gasteiger partial charge in [0.15, 0.2) is 6.17 Å². The predicted molar refractivity (Wildman–Crippen MR) is 77.0 cm³/mol. The Hall–Kier alpha value is -1.71. The van der Waals surface area contributed by atoms with Gasteiger partial charge in [0.1, 0.15) is 17.7 Å². The Morgan fingerprint density at radius 3 is 3.14 bits per heavy atom. The highest BCUT2D eigenvalue weighted by atomic mass is 16.5. The minimum absolute atomic E-state index is 0.0409. The van der Waals surface area contributed by atoms with Crippen molar-refractivity contribution in [2.45, 2.75) is 38.3 Å². The van der Waals surface area contributed by atoms with Crippen molar-refractivity contribution in [2.24, 2.45) is 27.8 Å². The molecule has 0 amide bonds. The van der Waals surface area contributed by atoms with Crippen molar-refractivity contribution in [2.75, 3.05) is 18.5 Å². The quantitative estimate of drug-likeness (QED) is 0.363. The van der Waals surface area contributed by atoms with Crippen LogP contribution in [-0.2, 0) is 4.74 Å². The van der Waals surface area contributed by atoms with Crippen molar-refractivity contribution in [3.63, 3.8) is 0 Å². The van der Waals surface area contributed by atoms with Crippen LogP contribution in [0.25, 0.3) is 0 Å². The Morgan fingerprint density at radius 1 is 1.57 bits per heavy atom. The molecule has 0 spiro atoms. The van der Waals surface area contributed by atoms with Crippen LogP contribution in [-0.4, -0.2) is 28.9 Å². The first-order valence-electron chi connectivity index (χ1n) is 7.28. The molecule has 1 saturated heterocycles. The normalized spacial score (nSPS) is 32.3. The number of nitrogens with two attached hydrogens (primary N) is 2. The van der Waals surface area contributed by atoms with E-state index in [4.69, 9.17) is 16.3 Å². The van der Waals surface area contributed by atoms with Gasteiger partial charge in [0.2, 0.25) is 0 Å². The molecule has 0 aromatic carbocycles. The average Bonchev–Trinajstić information content (AvgIpc) is 3.11. The number of ether oxygens (including phenoxy) is 1. The van der Waals surface area contributed by atoms with Crippen molar-refractivity contribution in [1.82, 2.24) is 14.9 Å². The second-order valence-electron chi connectivity index (χ2n) is 5.37. The van der Waals surface area contributed by atoms with E-state index in [1.807, 2.05) is 4.57 Å². The molecule has 6 N–H and O–H groups in total. The maximum absolute atomic E-state index is 6.08. The van der Waals surface area contributed by atoms with Gasteiger partial charge in [-0.1, -0.05) is 12.1 Å². The first-order valence-corrected chi connectivity index (χ1v) is 7.28. The van der Waals surface area contributed by atoms with E-state index in [-0.39, 0.29) is 18.5 Å². The van der Waals surface area contributed by atoms with E-state index in [0.29, 0.717) is 19.1 Å².